The van der Waals surface area contributed by atoms with E-state index in [0.717, 1.165) is 10.7 Å². The normalized spacial score (nSPS) is 10.9. The molecule has 0 aliphatic rings. The molecule has 23 heavy (non-hydrogen) atoms. The SMILES string of the molecule is O=C(O)c1cn(Cc2ccc(Br)cn2)c2c(F)cccc2c1=O. The van der Waals surface area contributed by atoms with E-state index in [0.29, 0.717) is 5.69 Å². The molecule has 3 aromatic rings. The molecule has 1 aromatic carbocycles. The molecule has 0 bridgehead atoms. The Labute approximate surface area is 138 Å². The zero-order chi connectivity index (χ0) is 16.6. The highest BCUT2D eigenvalue weighted by Gasteiger charge is 2.17. The topological polar surface area (TPSA) is 72.2 Å². The van der Waals surface area contributed by atoms with Crippen molar-refractivity contribution in [2.75, 3.05) is 0 Å². The van der Waals surface area contributed by atoms with Gasteiger partial charge in [-0.2, -0.15) is 0 Å². The number of carboxylic acid groups (broad SMARTS) is 1. The van der Waals surface area contributed by atoms with Gasteiger partial charge in [-0.3, -0.25) is 9.78 Å². The van der Waals surface area contributed by atoms with E-state index in [9.17, 15) is 19.1 Å². The number of aromatic nitrogens is 2. The van der Waals surface area contributed by atoms with Gasteiger partial charge in [0.05, 0.1) is 17.8 Å². The van der Waals surface area contributed by atoms with E-state index in [1.54, 1.807) is 18.3 Å². The second kappa shape index (κ2) is 5.92. The molecule has 0 atom stereocenters. The molecule has 0 aliphatic carbocycles. The number of halogens is 2. The highest BCUT2D eigenvalue weighted by molar-refractivity contribution is 9.10. The van der Waals surface area contributed by atoms with Gasteiger partial charge in [0.2, 0.25) is 5.43 Å². The summed E-state index contributed by atoms with van der Waals surface area (Å²) >= 11 is 3.27. The van der Waals surface area contributed by atoms with Crippen LogP contribution in [-0.4, -0.2) is 20.6 Å². The third-order valence-electron chi connectivity index (χ3n) is 3.40. The fourth-order valence-corrected chi connectivity index (χ4v) is 2.60. The summed E-state index contributed by atoms with van der Waals surface area (Å²) in [6.07, 6.45) is 2.74. The number of aromatic carboxylic acids is 1. The molecule has 0 saturated heterocycles. The van der Waals surface area contributed by atoms with Gasteiger partial charge >= 0.3 is 5.97 Å². The first-order valence-corrected chi connectivity index (χ1v) is 7.42. The minimum atomic E-state index is -1.35. The average molecular weight is 377 g/mol. The summed E-state index contributed by atoms with van der Waals surface area (Å²) in [7, 11) is 0. The van der Waals surface area contributed by atoms with E-state index >= 15 is 0 Å². The van der Waals surface area contributed by atoms with Crippen molar-refractivity contribution in [2.24, 2.45) is 0 Å². The molecular formula is C16H10BrFN2O3. The number of rotatable bonds is 3. The van der Waals surface area contributed by atoms with Crippen molar-refractivity contribution in [1.29, 1.82) is 0 Å². The number of hydrogen-bond acceptors (Lipinski definition) is 3. The first kappa shape index (κ1) is 15.4. The first-order valence-electron chi connectivity index (χ1n) is 6.63. The maximum atomic E-state index is 14.2. The molecule has 0 fully saturated rings. The van der Waals surface area contributed by atoms with E-state index in [4.69, 9.17) is 0 Å². The van der Waals surface area contributed by atoms with Crippen LogP contribution in [0.3, 0.4) is 0 Å². The number of carboxylic acids is 1. The molecule has 2 aromatic heterocycles. The van der Waals surface area contributed by atoms with Gasteiger partial charge < -0.3 is 9.67 Å². The molecule has 0 spiro atoms. The number of nitrogens with zero attached hydrogens (tertiary/aromatic N) is 2. The largest absolute Gasteiger partial charge is 0.477 e. The second-order valence-corrected chi connectivity index (χ2v) is 5.82. The van der Waals surface area contributed by atoms with E-state index in [2.05, 4.69) is 20.9 Å². The van der Waals surface area contributed by atoms with Gasteiger partial charge in [-0.1, -0.05) is 6.07 Å². The highest BCUT2D eigenvalue weighted by Crippen LogP contribution is 2.18. The Morgan fingerprint density at radius 1 is 1.30 bits per heavy atom. The van der Waals surface area contributed by atoms with Crippen LogP contribution in [0.2, 0.25) is 0 Å². The van der Waals surface area contributed by atoms with Crippen LogP contribution >= 0.6 is 15.9 Å². The van der Waals surface area contributed by atoms with Crippen LogP contribution in [0.25, 0.3) is 10.9 Å². The van der Waals surface area contributed by atoms with Gasteiger partial charge in [-0.25, -0.2) is 9.18 Å². The van der Waals surface area contributed by atoms with Crippen molar-refractivity contribution < 1.29 is 14.3 Å². The number of fused-ring (bicyclic) bond motifs is 1. The summed E-state index contributed by atoms with van der Waals surface area (Å²) in [5.41, 5.74) is -0.433. The number of hydrogen-bond donors (Lipinski definition) is 1. The summed E-state index contributed by atoms with van der Waals surface area (Å²) in [6, 6.07) is 7.54. The molecule has 7 heteroatoms. The van der Waals surface area contributed by atoms with E-state index in [-0.39, 0.29) is 17.4 Å². The average Bonchev–Trinajstić information content (AvgIpc) is 2.52. The smallest absolute Gasteiger partial charge is 0.341 e. The molecule has 3 rings (SSSR count). The van der Waals surface area contributed by atoms with Gasteiger partial charge in [0.25, 0.3) is 0 Å². The zero-order valence-corrected chi connectivity index (χ0v) is 13.2. The molecule has 0 radical (unpaired) electrons. The van der Waals surface area contributed by atoms with Gasteiger partial charge in [0.1, 0.15) is 11.4 Å². The monoisotopic (exact) mass is 376 g/mol. The molecule has 116 valence electrons. The molecule has 1 N–H and O–H groups in total. The van der Waals surface area contributed by atoms with E-state index in [1.165, 1.54) is 22.8 Å². The van der Waals surface area contributed by atoms with Gasteiger partial charge in [0.15, 0.2) is 0 Å². The van der Waals surface area contributed by atoms with Crippen LogP contribution in [0.4, 0.5) is 4.39 Å². The Bertz CT molecular complexity index is 967. The molecule has 0 amide bonds. The van der Waals surface area contributed by atoms with Crippen molar-refractivity contribution >= 4 is 32.8 Å². The summed E-state index contributed by atoms with van der Waals surface area (Å²) in [6.45, 7) is 0.144. The van der Waals surface area contributed by atoms with E-state index < -0.39 is 22.8 Å². The van der Waals surface area contributed by atoms with Crippen molar-refractivity contribution in [2.45, 2.75) is 6.54 Å². The zero-order valence-electron chi connectivity index (χ0n) is 11.7. The van der Waals surface area contributed by atoms with Crippen LogP contribution in [0.15, 0.2) is 52.0 Å². The number of para-hydroxylation sites is 1. The molecule has 2 heterocycles. The Morgan fingerprint density at radius 3 is 2.74 bits per heavy atom. The van der Waals surface area contributed by atoms with Crippen molar-refractivity contribution in [3.8, 4) is 0 Å². The Hall–Kier alpha value is -2.54. The van der Waals surface area contributed by atoms with Crippen LogP contribution in [-0.2, 0) is 6.54 Å². The van der Waals surface area contributed by atoms with Gasteiger partial charge in [0, 0.05) is 22.3 Å². The summed E-state index contributed by atoms with van der Waals surface area (Å²) in [5, 5.41) is 9.22. The van der Waals surface area contributed by atoms with Crippen molar-refractivity contribution in [3.05, 3.63) is 74.5 Å². The minimum absolute atomic E-state index is 0.0296. The number of benzene rings is 1. The number of carbonyl (C=O) groups is 1. The van der Waals surface area contributed by atoms with Crippen LogP contribution in [0, 0.1) is 5.82 Å². The quantitative estimate of drug-likeness (QED) is 0.762. The lowest BCUT2D eigenvalue weighted by Crippen LogP contribution is -2.20. The second-order valence-electron chi connectivity index (χ2n) is 4.91. The molecule has 0 unspecified atom stereocenters. The van der Waals surface area contributed by atoms with Gasteiger partial charge in [-0.05, 0) is 40.2 Å². The van der Waals surface area contributed by atoms with E-state index in [1.807, 2.05) is 0 Å². The highest BCUT2D eigenvalue weighted by atomic mass is 79.9. The lowest BCUT2D eigenvalue weighted by Gasteiger charge is -2.12. The molecule has 0 aliphatic heterocycles. The van der Waals surface area contributed by atoms with Crippen molar-refractivity contribution in [1.82, 2.24) is 9.55 Å². The Kier molecular flexibility index (Phi) is 3.96. The third kappa shape index (κ3) is 2.87. The fourth-order valence-electron chi connectivity index (χ4n) is 2.37. The Morgan fingerprint density at radius 2 is 2.09 bits per heavy atom. The minimum Gasteiger partial charge on any atom is -0.477 e. The molecule has 0 saturated carbocycles. The summed E-state index contributed by atoms with van der Waals surface area (Å²) < 4.78 is 16.4. The third-order valence-corrected chi connectivity index (χ3v) is 3.87. The lowest BCUT2D eigenvalue weighted by atomic mass is 10.1. The first-order chi connectivity index (χ1) is 11.0. The van der Waals surface area contributed by atoms with Crippen LogP contribution in [0.5, 0.6) is 0 Å². The van der Waals surface area contributed by atoms with Gasteiger partial charge in [-0.15, -0.1) is 0 Å². The Balaban J connectivity index is 2.26. The fraction of sp³-hybridized carbons (Fsp3) is 0.0625. The molecule has 5 nitrogen and oxygen atoms in total. The molecular weight excluding hydrogens is 367 g/mol. The maximum Gasteiger partial charge on any atom is 0.341 e. The predicted octanol–water partition coefficient (Wildman–Crippen LogP) is 3.04. The predicted molar refractivity (Wildman–Crippen MR) is 86.2 cm³/mol. The van der Waals surface area contributed by atoms with Crippen LogP contribution in [0.1, 0.15) is 16.1 Å². The summed E-state index contributed by atoms with van der Waals surface area (Å²) in [5.74, 6) is -1.94. The van der Waals surface area contributed by atoms with Crippen molar-refractivity contribution in [3.63, 3.8) is 0 Å². The lowest BCUT2D eigenvalue weighted by molar-refractivity contribution is 0.0695. The standard InChI is InChI=1S/C16H10BrFN2O3/c17-9-4-5-10(19-6-9)7-20-8-12(16(22)23)15(21)11-2-1-3-13(18)14(11)20/h1-6,8H,7H2,(H,22,23). The van der Waals surface area contributed by atoms with Crippen LogP contribution < -0.4 is 5.43 Å². The summed E-state index contributed by atoms with van der Waals surface area (Å²) in [4.78, 5) is 27.7. The maximum absolute atomic E-state index is 14.2. The number of pyridine rings is 2.